The van der Waals surface area contributed by atoms with Crippen LogP contribution < -0.4 is 4.72 Å². The van der Waals surface area contributed by atoms with Gasteiger partial charge in [-0.15, -0.1) is 0 Å². The maximum atomic E-state index is 13.4. The van der Waals surface area contributed by atoms with Gasteiger partial charge in [0.25, 0.3) is 10.0 Å². The molecule has 0 aliphatic carbocycles. The Kier molecular flexibility index (Phi) is 4.06. The van der Waals surface area contributed by atoms with Gasteiger partial charge in [-0.2, -0.15) is 0 Å². The third-order valence-electron chi connectivity index (χ3n) is 2.84. The number of hydrogen-bond donors (Lipinski definition) is 2. The van der Waals surface area contributed by atoms with Crippen molar-refractivity contribution in [3.8, 4) is 0 Å². The lowest BCUT2D eigenvalue weighted by molar-refractivity contribution is 0.282. The van der Waals surface area contributed by atoms with Gasteiger partial charge in [0.1, 0.15) is 5.82 Å². The molecular weight excluding hydrogens is 281 g/mol. The number of aliphatic hydroxyl groups excluding tert-OH is 1. The highest BCUT2D eigenvalue weighted by Gasteiger charge is 2.15. The number of anilines is 1. The Hall–Kier alpha value is -1.92. The van der Waals surface area contributed by atoms with E-state index in [2.05, 4.69) is 4.72 Å². The molecule has 0 heterocycles. The molecular formula is C14H14FNO3S. The van der Waals surface area contributed by atoms with Crippen LogP contribution in [0.15, 0.2) is 47.4 Å². The fourth-order valence-electron chi connectivity index (χ4n) is 1.63. The van der Waals surface area contributed by atoms with Crippen molar-refractivity contribution >= 4 is 15.7 Å². The van der Waals surface area contributed by atoms with E-state index in [1.165, 1.54) is 24.3 Å². The van der Waals surface area contributed by atoms with Crippen molar-refractivity contribution in [3.63, 3.8) is 0 Å². The SMILES string of the molecule is Cc1ccc(S(=O)(=O)Nc2ccc(CO)cc2)cc1F. The summed E-state index contributed by atoms with van der Waals surface area (Å²) in [5.74, 6) is -0.566. The zero-order chi connectivity index (χ0) is 14.8. The van der Waals surface area contributed by atoms with Crippen LogP contribution in [-0.2, 0) is 16.6 Å². The lowest BCUT2D eigenvalue weighted by atomic mass is 10.2. The number of halogens is 1. The molecule has 0 unspecified atom stereocenters. The molecule has 0 fully saturated rings. The predicted molar refractivity (Wildman–Crippen MR) is 74.3 cm³/mol. The topological polar surface area (TPSA) is 66.4 Å². The van der Waals surface area contributed by atoms with Gasteiger partial charge in [-0.25, -0.2) is 12.8 Å². The molecule has 0 bridgehead atoms. The van der Waals surface area contributed by atoms with Crippen LogP contribution in [0.5, 0.6) is 0 Å². The van der Waals surface area contributed by atoms with Crippen LogP contribution in [0.3, 0.4) is 0 Å². The van der Waals surface area contributed by atoms with Gasteiger partial charge >= 0.3 is 0 Å². The second-order valence-corrected chi connectivity index (χ2v) is 6.05. The Morgan fingerprint density at radius 1 is 1.15 bits per heavy atom. The van der Waals surface area contributed by atoms with E-state index in [4.69, 9.17) is 5.11 Å². The van der Waals surface area contributed by atoms with Gasteiger partial charge in [-0.05, 0) is 42.3 Å². The van der Waals surface area contributed by atoms with Crippen LogP contribution in [0.1, 0.15) is 11.1 Å². The Bertz CT molecular complexity index is 712. The molecule has 0 aliphatic rings. The Balaban J connectivity index is 2.27. The number of aryl methyl sites for hydroxylation is 1. The molecule has 0 aliphatic heterocycles. The van der Waals surface area contributed by atoms with Crippen molar-refractivity contribution in [2.24, 2.45) is 0 Å². The molecule has 0 saturated heterocycles. The average molecular weight is 295 g/mol. The maximum Gasteiger partial charge on any atom is 0.261 e. The number of benzene rings is 2. The van der Waals surface area contributed by atoms with E-state index < -0.39 is 15.8 Å². The highest BCUT2D eigenvalue weighted by atomic mass is 32.2. The highest BCUT2D eigenvalue weighted by molar-refractivity contribution is 7.92. The molecule has 4 nitrogen and oxygen atoms in total. The molecule has 106 valence electrons. The normalized spacial score (nSPS) is 11.3. The van der Waals surface area contributed by atoms with E-state index in [-0.39, 0.29) is 11.5 Å². The maximum absolute atomic E-state index is 13.4. The minimum Gasteiger partial charge on any atom is -0.392 e. The second kappa shape index (κ2) is 5.60. The lowest BCUT2D eigenvalue weighted by Gasteiger charge is -2.09. The number of sulfonamides is 1. The Morgan fingerprint density at radius 2 is 1.80 bits per heavy atom. The quantitative estimate of drug-likeness (QED) is 0.910. The summed E-state index contributed by atoms with van der Waals surface area (Å²) >= 11 is 0. The molecule has 0 radical (unpaired) electrons. The molecule has 0 saturated carbocycles. The summed E-state index contributed by atoms with van der Waals surface area (Å²) in [6.45, 7) is 1.45. The van der Waals surface area contributed by atoms with E-state index in [1.54, 1.807) is 19.1 Å². The summed E-state index contributed by atoms with van der Waals surface area (Å²) in [6, 6.07) is 10.0. The standard InChI is InChI=1S/C14H14FNO3S/c1-10-2-7-13(8-14(10)15)20(18,19)16-12-5-3-11(9-17)4-6-12/h2-8,16-17H,9H2,1H3. The third-order valence-corrected chi connectivity index (χ3v) is 4.22. The fourth-order valence-corrected chi connectivity index (χ4v) is 2.70. The third kappa shape index (κ3) is 3.15. The van der Waals surface area contributed by atoms with Crippen LogP contribution in [0, 0.1) is 12.7 Å². The first-order valence-corrected chi connectivity index (χ1v) is 7.39. The summed E-state index contributed by atoms with van der Waals surface area (Å²) in [6.07, 6.45) is 0. The van der Waals surface area contributed by atoms with Gasteiger partial charge in [0.2, 0.25) is 0 Å². The number of hydrogen-bond acceptors (Lipinski definition) is 3. The molecule has 2 aromatic carbocycles. The van der Waals surface area contributed by atoms with Crippen LogP contribution >= 0.6 is 0 Å². The van der Waals surface area contributed by atoms with E-state index in [9.17, 15) is 12.8 Å². The molecule has 20 heavy (non-hydrogen) atoms. The number of aliphatic hydroxyl groups is 1. The van der Waals surface area contributed by atoms with Crippen molar-refractivity contribution in [1.29, 1.82) is 0 Å². The monoisotopic (exact) mass is 295 g/mol. The minimum absolute atomic E-state index is 0.115. The first-order chi connectivity index (χ1) is 9.42. The molecule has 0 atom stereocenters. The summed E-state index contributed by atoms with van der Waals surface area (Å²) in [4.78, 5) is -0.133. The molecule has 2 rings (SSSR count). The summed E-state index contributed by atoms with van der Waals surface area (Å²) in [7, 11) is -3.82. The van der Waals surface area contributed by atoms with Crippen molar-refractivity contribution in [1.82, 2.24) is 0 Å². The van der Waals surface area contributed by atoms with Gasteiger partial charge in [0.05, 0.1) is 11.5 Å². The number of nitrogens with one attached hydrogen (secondary N) is 1. The van der Waals surface area contributed by atoms with Gasteiger partial charge in [0, 0.05) is 5.69 Å². The number of rotatable bonds is 4. The summed E-state index contributed by atoms with van der Waals surface area (Å²) in [5.41, 5.74) is 1.41. The smallest absolute Gasteiger partial charge is 0.261 e. The highest BCUT2D eigenvalue weighted by Crippen LogP contribution is 2.18. The zero-order valence-corrected chi connectivity index (χ0v) is 11.6. The fraction of sp³-hybridized carbons (Fsp3) is 0.143. The van der Waals surface area contributed by atoms with Crippen LogP contribution in [-0.4, -0.2) is 13.5 Å². The van der Waals surface area contributed by atoms with Gasteiger partial charge in [-0.1, -0.05) is 18.2 Å². The summed E-state index contributed by atoms with van der Waals surface area (Å²) < 4.78 is 40.0. The molecule has 0 aromatic heterocycles. The molecule has 0 spiro atoms. The largest absolute Gasteiger partial charge is 0.392 e. The van der Waals surface area contributed by atoms with Gasteiger partial charge in [-0.3, -0.25) is 4.72 Å². The van der Waals surface area contributed by atoms with E-state index in [0.29, 0.717) is 16.8 Å². The van der Waals surface area contributed by atoms with Gasteiger partial charge < -0.3 is 5.11 Å². The van der Waals surface area contributed by atoms with Crippen molar-refractivity contribution < 1.29 is 17.9 Å². The van der Waals surface area contributed by atoms with Crippen LogP contribution in [0.25, 0.3) is 0 Å². The molecule has 6 heteroatoms. The molecule has 2 N–H and O–H groups in total. The van der Waals surface area contributed by atoms with Crippen LogP contribution in [0.4, 0.5) is 10.1 Å². The van der Waals surface area contributed by atoms with E-state index >= 15 is 0 Å². The Morgan fingerprint density at radius 3 is 2.35 bits per heavy atom. The minimum atomic E-state index is -3.82. The second-order valence-electron chi connectivity index (χ2n) is 4.37. The molecule has 2 aromatic rings. The van der Waals surface area contributed by atoms with E-state index in [1.807, 2.05) is 0 Å². The first-order valence-electron chi connectivity index (χ1n) is 5.91. The van der Waals surface area contributed by atoms with Crippen molar-refractivity contribution in [3.05, 3.63) is 59.4 Å². The summed E-state index contributed by atoms with van der Waals surface area (Å²) in [5, 5.41) is 8.92. The zero-order valence-electron chi connectivity index (χ0n) is 10.8. The Labute approximate surface area is 116 Å². The molecule has 0 amide bonds. The van der Waals surface area contributed by atoms with Crippen molar-refractivity contribution in [2.45, 2.75) is 18.4 Å². The van der Waals surface area contributed by atoms with E-state index in [0.717, 1.165) is 6.07 Å². The predicted octanol–water partition coefficient (Wildman–Crippen LogP) is 2.43. The van der Waals surface area contributed by atoms with Crippen LogP contribution in [0.2, 0.25) is 0 Å². The average Bonchev–Trinajstić information content (AvgIpc) is 2.42. The first kappa shape index (κ1) is 14.5. The van der Waals surface area contributed by atoms with Gasteiger partial charge in [0.15, 0.2) is 0 Å². The van der Waals surface area contributed by atoms with Crippen molar-refractivity contribution in [2.75, 3.05) is 4.72 Å². The lowest BCUT2D eigenvalue weighted by Crippen LogP contribution is -2.13.